The Hall–Kier alpha value is -3.02. The predicted molar refractivity (Wildman–Crippen MR) is 124 cm³/mol. The van der Waals surface area contributed by atoms with Gasteiger partial charge in [0, 0.05) is 15.6 Å². The smallest absolute Gasteiger partial charge is 0.244 e. The molecule has 0 heterocycles. The number of halogens is 2. The summed E-state index contributed by atoms with van der Waals surface area (Å²) < 4.78 is 11.3. The van der Waals surface area contributed by atoms with E-state index in [-0.39, 0.29) is 18.9 Å². The SMILES string of the molecule is COc1cc(/C=N/NC(=O)Cc2ccc(C)cc2)ccc1OCc1ccc(Cl)cc1Cl. The minimum atomic E-state index is -0.188. The summed E-state index contributed by atoms with van der Waals surface area (Å²) in [6.07, 6.45) is 1.82. The van der Waals surface area contributed by atoms with Gasteiger partial charge in [-0.25, -0.2) is 5.43 Å². The molecule has 0 unspecified atom stereocenters. The van der Waals surface area contributed by atoms with Crippen LogP contribution in [0.15, 0.2) is 65.8 Å². The van der Waals surface area contributed by atoms with Crippen LogP contribution in [0.3, 0.4) is 0 Å². The fourth-order valence-electron chi connectivity index (χ4n) is 2.79. The zero-order chi connectivity index (χ0) is 22.2. The first-order valence-corrected chi connectivity index (χ1v) is 10.3. The lowest BCUT2D eigenvalue weighted by atomic mass is 10.1. The standard InChI is InChI=1S/C24H22Cl2N2O3/c1-16-3-5-17(6-4-16)12-24(29)28-27-14-18-7-10-22(23(11-18)30-2)31-15-19-8-9-20(25)13-21(19)26/h3-11,13-14H,12,15H2,1-2H3,(H,28,29)/b27-14+. The molecule has 160 valence electrons. The summed E-state index contributed by atoms with van der Waals surface area (Å²) in [7, 11) is 1.56. The van der Waals surface area contributed by atoms with Crippen LogP contribution >= 0.6 is 23.2 Å². The molecule has 0 radical (unpaired) electrons. The van der Waals surface area contributed by atoms with Gasteiger partial charge in [-0.1, -0.05) is 59.1 Å². The van der Waals surface area contributed by atoms with Gasteiger partial charge in [-0.05, 0) is 48.4 Å². The third kappa shape index (κ3) is 6.74. The van der Waals surface area contributed by atoms with Crippen molar-refractivity contribution < 1.29 is 14.3 Å². The van der Waals surface area contributed by atoms with Gasteiger partial charge in [-0.2, -0.15) is 5.10 Å². The molecule has 0 fully saturated rings. The molecule has 0 saturated heterocycles. The van der Waals surface area contributed by atoms with Crippen LogP contribution in [0, 0.1) is 6.92 Å². The van der Waals surface area contributed by atoms with Crippen molar-refractivity contribution in [2.45, 2.75) is 20.0 Å². The number of amides is 1. The molecule has 0 aliphatic rings. The van der Waals surface area contributed by atoms with Gasteiger partial charge in [-0.3, -0.25) is 4.79 Å². The quantitative estimate of drug-likeness (QED) is 0.355. The molecular weight excluding hydrogens is 435 g/mol. The van der Waals surface area contributed by atoms with Crippen molar-refractivity contribution in [1.82, 2.24) is 5.43 Å². The van der Waals surface area contributed by atoms with E-state index in [1.165, 1.54) is 0 Å². The summed E-state index contributed by atoms with van der Waals surface area (Å²) in [6, 6.07) is 18.4. The highest BCUT2D eigenvalue weighted by molar-refractivity contribution is 6.35. The average Bonchev–Trinajstić information content (AvgIpc) is 2.75. The maximum absolute atomic E-state index is 12.0. The molecule has 31 heavy (non-hydrogen) atoms. The lowest BCUT2D eigenvalue weighted by Crippen LogP contribution is -2.19. The Morgan fingerprint density at radius 2 is 1.81 bits per heavy atom. The number of hydrogen-bond acceptors (Lipinski definition) is 4. The monoisotopic (exact) mass is 456 g/mol. The van der Waals surface area contributed by atoms with Crippen LogP contribution in [0.5, 0.6) is 11.5 Å². The minimum absolute atomic E-state index is 0.188. The lowest BCUT2D eigenvalue weighted by molar-refractivity contribution is -0.120. The zero-order valence-electron chi connectivity index (χ0n) is 17.2. The number of hydrogen-bond donors (Lipinski definition) is 1. The second kappa shape index (κ2) is 10.8. The van der Waals surface area contributed by atoms with Crippen molar-refractivity contribution in [3.05, 3.63) is 93.0 Å². The van der Waals surface area contributed by atoms with E-state index in [1.807, 2.05) is 43.3 Å². The van der Waals surface area contributed by atoms with Gasteiger partial charge in [0.2, 0.25) is 5.91 Å². The fourth-order valence-corrected chi connectivity index (χ4v) is 3.25. The van der Waals surface area contributed by atoms with Gasteiger partial charge in [0.25, 0.3) is 0 Å². The van der Waals surface area contributed by atoms with E-state index in [0.29, 0.717) is 21.5 Å². The molecule has 3 aromatic rings. The second-order valence-electron chi connectivity index (χ2n) is 6.89. The summed E-state index contributed by atoms with van der Waals surface area (Å²) in [4.78, 5) is 12.0. The number of ether oxygens (including phenoxy) is 2. The van der Waals surface area contributed by atoms with E-state index in [0.717, 1.165) is 22.3 Å². The number of nitrogens with zero attached hydrogens (tertiary/aromatic N) is 1. The van der Waals surface area contributed by atoms with Crippen LogP contribution in [0.2, 0.25) is 10.0 Å². The molecule has 5 nitrogen and oxygen atoms in total. The zero-order valence-corrected chi connectivity index (χ0v) is 18.7. The van der Waals surface area contributed by atoms with Gasteiger partial charge in [-0.15, -0.1) is 0 Å². The Labute approximate surface area is 191 Å². The third-order valence-corrected chi connectivity index (χ3v) is 5.06. The van der Waals surface area contributed by atoms with Gasteiger partial charge >= 0.3 is 0 Å². The Kier molecular flexibility index (Phi) is 7.93. The summed E-state index contributed by atoms with van der Waals surface area (Å²) in [5.74, 6) is 0.918. The van der Waals surface area contributed by atoms with Gasteiger partial charge in [0.1, 0.15) is 6.61 Å². The molecular formula is C24H22Cl2N2O3. The summed E-state index contributed by atoms with van der Waals surface area (Å²) in [5.41, 5.74) is 6.19. The van der Waals surface area contributed by atoms with E-state index in [9.17, 15) is 4.79 Å². The largest absolute Gasteiger partial charge is 0.493 e. The Bertz CT molecular complexity index is 1080. The molecule has 0 saturated carbocycles. The Morgan fingerprint density at radius 1 is 1.03 bits per heavy atom. The van der Waals surface area contributed by atoms with E-state index >= 15 is 0 Å². The van der Waals surface area contributed by atoms with Crippen LogP contribution in [-0.4, -0.2) is 19.2 Å². The molecule has 0 aromatic heterocycles. The second-order valence-corrected chi connectivity index (χ2v) is 7.73. The molecule has 0 bridgehead atoms. The number of nitrogens with one attached hydrogen (secondary N) is 1. The van der Waals surface area contributed by atoms with Crippen molar-refractivity contribution in [3.63, 3.8) is 0 Å². The first-order chi connectivity index (χ1) is 14.9. The third-order valence-electron chi connectivity index (χ3n) is 4.47. The van der Waals surface area contributed by atoms with E-state index in [4.69, 9.17) is 32.7 Å². The topological polar surface area (TPSA) is 59.9 Å². The van der Waals surface area contributed by atoms with Gasteiger partial charge < -0.3 is 9.47 Å². The number of rotatable bonds is 8. The number of hydrazone groups is 1. The van der Waals surface area contributed by atoms with Crippen LogP contribution in [-0.2, 0) is 17.8 Å². The highest BCUT2D eigenvalue weighted by atomic mass is 35.5. The average molecular weight is 457 g/mol. The van der Waals surface area contributed by atoms with Crippen LogP contribution in [0.4, 0.5) is 0 Å². The first-order valence-electron chi connectivity index (χ1n) is 9.57. The Balaban J connectivity index is 1.58. The highest BCUT2D eigenvalue weighted by Gasteiger charge is 2.08. The lowest BCUT2D eigenvalue weighted by Gasteiger charge is -2.12. The first kappa shape index (κ1) is 22.7. The van der Waals surface area contributed by atoms with Crippen molar-refractivity contribution >= 4 is 35.3 Å². The van der Waals surface area contributed by atoms with Crippen molar-refractivity contribution in [1.29, 1.82) is 0 Å². The molecule has 3 aromatic carbocycles. The van der Waals surface area contributed by atoms with Crippen LogP contribution < -0.4 is 14.9 Å². The summed E-state index contributed by atoms with van der Waals surface area (Å²) >= 11 is 12.1. The van der Waals surface area contributed by atoms with Crippen molar-refractivity contribution in [2.24, 2.45) is 5.10 Å². The number of carbonyl (C=O) groups is 1. The van der Waals surface area contributed by atoms with Crippen LogP contribution in [0.25, 0.3) is 0 Å². The molecule has 0 aliphatic heterocycles. The number of methoxy groups -OCH3 is 1. The Morgan fingerprint density at radius 3 is 2.52 bits per heavy atom. The normalized spacial score (nSPS) is 10.8. The number of benzene rings is 3. The molecule has 0 spiro atoms. The van der Waals surface area contributed by atoms with Crippen molar-refractivity contribution in [2.75, 3.05) is 7.11 Å². The summed E-state index contributed by atoms with van der Waals surface area (Å²) in [6.45, 7) is 2.28. The van der Waals surface area contributed by atoms with E-state index in [2.05, 4.69) is 10.5 Å². The molecule has 0 aliphatic carbocycles. The van der Waals surface area contributed by atoms with E-state index in [1.54, 1.807) is 37.6 Å². The molecule has 3 rings (SSSR count). The molecule has 1 N–H and O–H groups in total. The van der Waals surface area contributed by atoms with Gasteiger partial charge in [0.15, 0.2) is 11.5 Å². The number of carbonyl (C=O) groups excluding carboxylic acids is 1. The maximum atomic E-state index is 12.0. The van der Waals surface area contributed by atoms with E-state index < -0.39 is 0 Å². The van der Waals surface area contributed by atoms with Crippen LogP contribution in [0.1, 0.15) is 22.3 Å². The molecule has 7 heteroatoms. The summed E-state index contributed by atoms with van der Waals surface area (Å²) in [5, 5.41) is 5.13. The van der Waals surface area contributed by atoms with Crippen molar-refractivity contribution in [3.8, 4) is 11.5 Å². The van der Waals surface area contributed by atoms with Gasteiger partial charge in [0.05, 0.1) is 19.7 Å². The number of aryl methyl sites for hydroxylation is 1. The molecule has 1 amide bonds. The predicted octanol–water partition coefficient (Wildman–Crippen LogP) is 5.58. The fraction of sp³-hybridized carbons (Fsp3) is 0.167. The maximum Gasteiger partial charge on any atom is 0.244 e. The highest BCUT2D eigenvalue weighted by Crippen LogP contribution is 2.29. The minimum Gasteiger partial charge on any atom is -0.493 e. The molecule has 0 atom stereocenters.